The molecule has 0 aliphatic rings. The maximum atomic E-state index is 14.1. The fraction of sp³-hybridized carbons (Fsp3) is 0.0435. The normalized spacial score (nSPS) is 12.4. The van der Waals surface area contributed by atoms with Gasteiger partial charge in [0.1, 0.15) is 11.8 Å². The summed E-state index contributed by atoms with van der Waals surface area (Å²) in [5, 5.41) is 20.3. The van der Waals surface area contributed by atoms with Gasteiger partial charge in [-0.15, -0.1) is 4.80 Å². The van der Waals surface area contributed by atoms with Crippen molar-refractivity contribution in [1.29, 1.82) is 5.26 Å². The third-order valence-electron chi connectivity index (χ3n) is 4.72. The zero-order valence-corrected chi connectivity index (χ0v) is 17.9. The predicted molar refractivity (Wildman–Crippen MR) is 124 cm³/mol. The van der Waals surface area contributed by atoms with Crippen LogP contribution in [0.1, 0.15) is 5.69 Å². The van der Waals surface area contributed by atoms with Gasteiger partial charge in [0.25, 0.3) is 0 Å². The summed E-state index contributed by atoms with van der Waals surface area (Å²) in [6.07, 6.45) is 0.236. The van der Waals surface area contributed by atoms with Gasteiger partial charge in [-0.3, -0.25) is 0 Å². The number of hydrogen-bond donors (Lipinski definition) is 2. The number of halogens is 3. The zero-order valence-electron chi connectivity index (χ0n) is 17.9. The largest absolute Gasteiger partial charge is 0.434 e. The van der Waals surface area contributed by atoms with Gasteiger partial charge >= 0.3 is 6.18 Å². The lowest BCUT2D eigenvalue weighted by atomic mass is 10.1. The van der Waals surface area contributed by atoms with Gasteiger partial charge in [-0.05, 0) is 18.2 Å². The van der Waals surface area contributed by atoms with E-state index in [1.54, 1.807) is 36.4 Å². The lowest BCUT2D eigenvalue weighted by Gasteiger charge is -2.18. The van der Waals surface area contributed by atoms with E-state index in [0.29, 0.717) is 22.4 Å². The molecule has 9 nitrogen and oxygen atoms in total. The van der Waals surface area contributed by atoms with E-state index in [9.17, 15) is 18.4 Å². The monoisotopic (exact) mass is 475 g/mol. The molecule has 0 atom stereocenters. The Bertz CT molecular complexity index is 1480. The molecular formula is C23H16F3N9. The number of aliphatic imine (C=N–C) groups is 1. The van der Waals surface area contributed by atoms with Crippen molar-refractivity contribution < 1.29 is 13.2 Å². The Balaban J connectivity index is 1.70. The summed E-state index contributed by atoms with van der Waals surface area (Å²) in [6, 6.07) is 12.6. The van der Waals surface area contributed by atoms with Gasteiger partial charge in [0.15, 0.2) is 11.5 Å². The lowest BCUT2D eigenvalue weighted by molar-refractivity contribution is -0.0580. The third-order valence-corrected chi connectivity index (χ3v) is 4.72. The van der Waals surface area contributed by atoms with E-state index in [1.807, 2.05) is 6.07 Å². The summed E-state index contributed by atoms with van der Waals surface area (Å²) in [5.74, 6) is 0.413. The van der Waals surface area contributed by atoms with Gasteiger partial charge in [0.05, 0.1) is 35.5 Å². The van der Waals surface area contributed by atoms with Crippen LogP contribution in [0, 0.1) is 11.3 Å². The van der Waals surface area contributed by atoms with Gasteiger partial charge in [-0.25, -0.2) is 15.0 Å². The number of fused-ring (bicyclic) bond motifs is 1. The Labute approximate surface area is 196 Å². The Morgan fingerprint density at radius 1 is 1.17 bits per heavy atom. The first-order valence-electron chi connectivity index (χ1n) is 9.97. The molecule has 0 radical (unpaired) electrons. The molecule has 0 bridgehead atoms. The topological polar surface area (TPSA) is 131 Å². The number of pyridine rings is 2. The standard InChI is InChI=1S/C23H16F3N9/c1-14(32-15-6-7-21(29-13-15)35-30-8-9-31-35)18(12-28)22(23(24,25)26)34-20-10-16(11-27)33-19-5-3-2-4-17(19)20/h2-10,12-13,32H,1,28H2. The Hall–Kier alpha value is -5.05. The van der Waals surface area contributed by atoms with Gasteiger partial charge in [-0.1, -0.05) is 24.8 Å². The summed E-state index contributed by atoms with van der Waals surface area (Å²) < 4.78 is 42.4. The van der Waals surface area contributed by atoms with Crippen molar-refractivity contribution in [3.63, 3.8) is 0 Å². The zero-order chi connectivity index (χ0) is 25.0. The van der Waals surface area contributed by atoms with Crippen molar-refractivity contribution in [3.05, 3.63) is 90.8 Å². The molecule has 0 aliphatic heterocycles. The van der Waals surface area contributed by atoms with E-state index >= 15 is 0 Å². The first kappa shape index (κ1) is 23.1. The van der Waals surface area contributed by atoms with Crippen LogP contribution in [0.25, 0.3) is 16.7 Å². The number of para-hydroxylation sites is 1. The molecule has 3 aromatic heterocycles. The highest BCUT2D eigenvalue weighted by Gasteiger charge is 2.39. The van der Waals surface area contributed by atoms with Crippen molar-refractivity contribution in [2.45, 2.75) is 6.18 Å². The van der Waals surface area contributed by atoms with E-state index < -0.39 is 17.5 Å². The van der Waals surface area contributed by atoms with Crippen molar-refractivity contribution in [1.82, 2.24) is 25.0 Å². The minimum atomic E-state index is -4.89. The van der Waals surface area contributed by atoms with Crippen molar-refractivity contribution in [2.75, 3.05) is 5.32 Å². The maximum Gasteiger partial charge on any atom is 0.434 e. The summed E-state index contributed by atoms with van der Waals surface area (Å²) in [7, 11) is 0. The molecule has 4 rings (SSSR count). The van der Waals surface area contributed by atoms with Crippen molar-refractivity contribution >= 4 is 28.0 Å². The third kappa shape index (κ3) is 4.98. The molecule has 0 spiro atoms. The number of aromatic nitrogens is 5. The van der Waals surface area contributed by atoms with Gasteiger partial charge in [-0.2, -0.15) is 28.6 Å². The van der Waals surface area contributed by atoms with Crippen LogP contribution in [-0.4, -0.2) is 36.8 Å². The number of allylic oxidation sites excluding steroid dienone is 1. The fourth-order valence-corrected chi connectivity index (χ4v) is 3.18. The van der Waals surface area contributed by atoms with Gasteiger partial charge in [0.2, 0.25) is 0 Å². The molecule has 0 saturated heterocycles. The summed E-state index contributed by atoms with van der Waals surface area (Å²) in [5.41, 5.74) is 4.20. The number of anilines is 1. The molecule has 0 saturated carbocycles. The predicted octanol–water partition coefficient (Wildman–Crippen LogP) is 4.19. The average molecular weight is 475 g/mol. The molecular weight excluding hydrogens is 459 g/mol. The quantitative estimate of drug-likeness (QED) is 0.316. The molecule has 1 aromatic carbocycles. The Morgan fingerprint density at radius 3 is 2.54 bits per heavy atom. The van der Waals surface area contributed by atoms with E-state index in [0.717, 1.165) is 6.20 Å². The van der Waals surface area contributed by atoms with Crippen LogP contribution in [0.15, 0.2) is 90.1 Å². The first-order chi connectivity index (χ1) is 16.8. The lowest BCUT2D eigenvalue weighted by Crippen LogP contribution is -2.27. The van der Waals surface area contributed by atoms with Crippen LogP contribution in [0.4, 0.5) is 24.5 Å². The second kappa shape index (κ2) is 9.44. The van der Waals surface area contributed by atoms with Crippen LogP contribution >= 0.6 is 0 Å². The highest BCUT2D eigenvalue weighted by atomic mass is 19.4. The summed E-state index contributed by atoms with van der Waals surface area (Å²) in [4.78, 5) is 13.4. The van der Waals surface area contributed by atoms with E-state index in [1.165, 1.54) is 29.5 Å². The highest BCUT2D eigenvalue weighted by Crippen LogP contribution is 2.32. The minimum Gasteiger partial charge on any atom is -0.404 e. The van der Waals surface area contributed by atoms with Crippen LogP contribution in [0.2, 0.25) is 0 Å². The molecule has 4 aromatic rings. The molecule has 3 heterocycles. The smallest absolute Gasteiger partial charge is 0.404 e. The Kier molecular flexibility index (Phi) is 6.23. The molecule has 35 heavy (non-hydrogen) atoms. The maximum absolute atomic E-state index is 14.1. The fourth-order valence-electron chi connectivity index (χ4n) is 3.18. The van der Waals surface area contributed by atoms with Crippen LogP contribution in [-0.2, 0) is 0 Å². The number of benzene rings is 1. The molecule has 12 heteroatoms. The van der Waals surface area contributed by atoms with Crippen molar-refractivity contribution in [3.8, 4) is 11.9 Å². The number of nitrogens with two attached hydrogens (primary N) is 1. The molecule has 0 fully saturated rings. The van der Waals surface area contributed by atoms with Crippen LogP contribution < -0.4 is 11.1 Å². The number of hydrogen-bond acceptors (Lipinski definition) is 8. The number of nitriles is 1. The summed E-state index contributed by atoms with van der Waals surface area (Å²) >= 11 is 0. The number of nitrogens with one attached hydrogen (secondary N) is 1. The molecule has 0 unspecified atom stereocenters. The van der Waals surface area contributed by atoms with Gasteiger partial charge < -0.3 is 11.1 Å². The number of nitrogens with zero attached hydrogens (tertiary/aromatic N) is 7. The SMILES string of the molecule is C=C(Nc1ccc(-n2nccn2)nc1)C(=CN)C(=Nc1cc(C#N)nc2ccccc12)C(F)(F)F. The second-order valence-electron chi connectivity index (χ2n) is 7.02. The van der Waals surface area contributed by atoms with E-state index in [-0.39, 0.29) is 17.1 Å². The van der Waals surface area contributed by atoms with Crippen molar-refractivity contribution in [2.24, 2.45) is 10.7 Å². The van der Waals surface area contributed by atoms with Crippen LogP contribution in [0.5, 0.6) is 0 Å². The van der Waals surface area contributed by atoms with Crippen LogP contribution in [0.3, 0.4) is 0 Å². The molecule has 0 amide bonds. The number of alkyl halides is 3. The summed E-state index contributed by atoms with van der Waals surface area (Å²) in [6.45, 7) is 3.70. The molecule has 174 valence electrons. The minimum absolute atomic E-state index is 0.0722. The number of rotatable bonds is 6. The average Bonchev–Trinajstić information content (AvgIpc) is 3.38. The van der Waals surface area contributed by atoms with E-state index in [2.05, 4.69) is 37.1 Å². The second-order valence-corrected chi connectivity index (χ2v) is 7.02. The highest BCUT2D eigenvalue weighted by molar-refractivity contribution is 6.10. The van der Waals surface area contributed by atoms with Gasteiger partial charge in [0, 0.05) is 28.9 Å². The molecule has 3 N–H and O–H groups in total. The molecule has 0 aliphatic carbocycles. The first-order valence-corrected chi connectivity index (χ1v) is 9.97. The van der Waals surface area contributed by atoms with E-state index in [4.69, 9.17) is 5.73 Å². The Morgan fingerprint density at radius 2 is 1.91 bits per heavy atom.